The van der Waals surface area contributed by atoms with Gasteiger partial charge in [0.1, 0.15) is 13.2 Å². The molecule has 2 aromatic carbocycles. The summed E-state index contributed by atoms with van der Waals surface area (Å²) in [4.78, 5) is 0. The third-order valence-corrected chi connectivity index (χ3v) is 4.37. The molecule has 110 valence electrons. The quantitative estimate of drug-likeness (QED) is 0.886. The molecule has 1 aliphatic heterocycles. The molecular weight excluding hydrogens is 354 g/mol. The van der Waals surface area contributed by atoms with E-state index in [2.05, 4.69) is 15.9 Å². The zero-order valence-electron chi connectivity index (χ0n) is 11.3. The highest BCUT2D eigenvalue weighted by atomic mass is 79.9. The van der Waals surface area contributed by atoms with Gasteiger partial charge in [-0.3, -0.25) is 0 Å². The van der Waals surface area contributed by atoms with Crippen molar-refractivity contribution in [2.45, 2.75) is 12.5 Å². The number of benzene rings is 2. The molecule has 1 atom stereocenters. The number of hydrogen-bond donors (Lipinski definition) is 1. The summed E-state index contributed by atoms with van der Waals surface area (Å²) in [5, 5.41) is 0.729. The van der Waals surface area contributed by atoms with E-state index in [1.807, 2.05) is 36.4 Å². The smallest absolute Gasteiger partial charge is 0.162 e. The van der Waals surface area contributed by atoms with Crippen molar-refractivity contribution in [1.29, 1.82) is 0 Å². The van der Waals surface area contributed by atoms with Gasteiger partial charge in [-0.15, -0.1) is 0 Å². The van der Waals surface area contributed by atoms with Crippen LogP contribution in [-0.4, -0.2) is 13.2 Å². The topological polar surface area (TPSA) is 44.5 Å². The van der Waals surface area contributed by atoms with Crippen LogP contribution in [0.5, 0.6) is 11.5 Å². The molecular formula is C16H15BrClNO2. The van der Waals surface area contributed by atoms with Gasteiger partial charge in [-0.2, -0.15) is 0 Å². The molecule has 0 fully saturated rings. The van der Waals surface area contributed by atoms with Crippen LogP contribution in [0.4, 0.5) is 0 Å². The highest BCUT2D eigenvalue weighted by Gasteiger charge is 2.18. The molecule has 0 radical (unpaired) electrons. The molecule has 21 heavy (non-hydrogen) atoms. The maximum Gasteiger partial charge on any atom is 0.162 e. The van der Waals surface area contributed by atoms with E-state index in [9.17, 15) is 0 Å². The third kappa shape index (κ3) is 3.34. The van der Waals surface area contributed by atoms with Crippen LogP contribution in [0.25, 0.3) is 0 Å². The minimum absolute atomic E-state index is 0.128. The number of halogens is 2. The Labute approximate surface area is 137 Å². The molecule has 0 saturated heterocycles. The van der Waals surface area contributed by atoms with Crippen LogP contribution in [0.2, 0.25) is 5.02 Å². The maximum absolute atomic E-state index is 6.34. The van der Waals surface area contributed by atoms with Gasteiger partial charge in [-0.05, 0) is 41.8 Å². The Morgan fingerprint density at radius 2 is 1.71 bits per heavy atom. The van der Waals surface area contributed by atoms with Crippen molar-refractivity contribution in [3.05, 3.63) is 57.0 Å². The summed E-state index contributed by atoms with van der Waals surface area (Å²) in [6, 6.07) is 11.5. The van der Waals surface area contributed by atoms with E-state index >= 15 is 0 Å². The monoisotopic (exact) mass is 367 g/mol. The van der Waals surface area contributed by atoms with Crippen molar-refractivity contribution < 1.29 is 9.47 Å². The van der Waals surface area contributed by atoms with Crippen LogP contribution < -0.4 is 15.2 Å². The number of ether oxygens (including phenoxy) is 2. The average Bonchev–Trinajstić information content (AvgIpc) is 2.49. The first kappa shape index (κ1) is 14.7. The highest BCUT2D eigenvalue weighted by Crippen LogP contribution is 2.38. The molecule has 0 spiro atoms. The molecule has 1 heterocycles. The van der Waals surface area contributed by atoms with E-state index in [1.54, 1.807) is 0 Å². The molecule has 0 aliphatic carbocycles. The largest absolute Gasteiger partial charge is 0.486 e. The molecule has 0 aromatic heterocycles. The minimum Gasteiger partial charge on any atom is -0.486 e. The molecule has 0 amide bonds. The molecule has 2 N–H and O–H groups in total. The summed E-state index contributed by atoms with van der Waals surface area (Å²) in [7, 11) is 0. The Hall–Kier alpha value is -1.23. The lowest BCUT2D eigenvalue weighted by Gasteiger charge is -2.22. The lowest BCUT2D eigenvalue weighted by molar-refractivity contribution is 0.171. The van der Waals surface area contributed by atoms with Crippen LogP contribution in [0.15, 0.2) is 40.9 Å². The first-order valence-corrected chi connectivity index (χ1v) is 7.89. The summed E-state index contributed by atoms with van der Waals surface area (Å²) >= 11 is 9.46. The second-order valence-corrected chi connectivity index (χ2v) is 6.25. The number of fused-ring (bicyclic) bond motifs is 1. The zero-order valence-corrected chi connectivity index (χ0v) is 13.7. The van der Waals surface area contributed by atoms with Crippen molar-refractivity contribution in [2.75, 3.05) is 13.2 Å². The third-order valence-electron chi connectivity index (χ3n) is 3.43. The number of rotatable bonds is 3. The van der Waals surface area contributed by atoms with E-state index in [1.165, 1.54) is 0 Å². The first-order chi connectivity index (χ1) is 10.1. The molecule has 0 saturated carbocycles. The fourth-order valence-corrected chi connectivity index (χ4v) is 3.09. The molecule has 1 aliphatic rings. The van der Waals surface area contributed by atoms with Crippen molar-refractivity contribution in [3.63, 3.8) is 0 Å². The van der Waals surface area contributed by atoms with Gasteiger partial charge in [0.15, 0.2) is 11.5 Å². The first-order valence-electron chi connectivity index (χ1n) is 6.72. The van der Waals surface area contributed by atoms with Crippen molar-refractivity contribution in [3.8, 4) is 11.5 Å². The van der Waals surface area contributed by atoms with Crippen molar-refractivity contribution in [2.24, 2.45) is 5.73 Å². The lowest BCUT2D eigenvalue weighted by atomic mass is 9.99. The van der Waals surface area contributed by atoms with Gasteiger partial charge >= 0.3 is 0 Å². The zero-order chi connectivity index (χ0) is 14.8. The Kier molecular flexibility index (Phi) is 4.38. The van der Waals surface area contributed by atoms with Gasteiger partial charge in [0.05, 0.1) is 0 Å². The second kappa shape index (κ2) is 6.26. The van der Waals surface area contributed by atoms with Crippen LogP contribution in [0.1, 0.15) is 17.2 Å². The second-order valence-electron chi connectivity index (χ2n) is 4.95. The van der Waals surface area contributed by atoms with Gasteiger partial charge < -0.3 is 15.2 Å². The van der Waals surface area contributed by atoms with Crippen LogP contribution in [0.3, 0.4) is 0 Å². The molecule has 3 nitrogen and oxygen atoms in total. The number of nitrogens with two attached hydrogens (primary N) is 1. The van der Waals surface area contributed by atoms with Gasteiger partial charge in [0, 0.05) is 15.5 Å². The molecule has 0 bridgehead atoms. The maximum atomic E-state index is 6.34. The Bertz CT molecular complexity index is 645. The molecule has 3 rings (SSSR count). The minimum atomic E-state index is -0.128. The van der Waals surface area contributed by atoms with E-state index in [-0.39, 0.29) is 6.04 Å². The lowest BCUT2D eigenvalue weighted by Crippen LogP contribution is -2.18. The Balaban J connectivity index is 1.83. The highest BCUT2D eigenvalue weighted by molar-refractivity contribution is 9.10. The van der Waals surface area contributed by atoms with Gasteiger partial charge in [0.25, 0.3) is 0 Å². The SMILES string of the molecule is NC(Cc1ccc(Cl)cc1)c1cc2c(cc1Br)OCCO2. The average molecular weight is 369 g/mol. The van der Waals surface area contributed by atoms with E-state index in [0.29, 0.717) is 13.2 Å². The van der Waals surface area contributed by atoms with Gasteiger partial charge in [0.2, 0.25) is 0 Å². The summed E-state index contributed by atoms with van der Waals surface area (Å²) in [5.41, 5.74) is 8.50. The molecule has 1 unspecified atom stereocenters. The summed E-state index contributed by atoms with van der Waals surface area (Å²) in [5.74, 6) is 1.52. The predicted molar refractivity (Wildman–Crippen MR) is 87.2 cm³/mol. The predicted octanol–water partition coefficient (Wildman–Crippen LogP) is 4.12. The number of hydrogen-bond acceptors (Lipinski definition) is 3. The van der Waals surface area contributed by atoms with Crippen LogP contribution in [0, 0.1) is 0 Å². The standard InChI is InChI=1S/C16H15BrClNO2/c17-13-9-16-15(20-5-6-21-16)8-12(13)14(19)7-10-1-3-11(18)4-2-10/h1-4,8-9,14H,5-7,19H2. The Morgan fingerprint density at radius 1 is 1.10 bits per heavy atom. The van der Waals surface area contributed by atoms with Gasteiger partial charge in [-0.1, -0.05) is 39.7 Å². The van der Waals surface area contributed by atoms with Crippen molar-refractivity contribution in [1.82, 2.24) is 0 Å². The fourth-order valence-electron chi connectivity index (χ4n) is 2.35. The van der Waals surface area contributed by atoms with E-state index < -0.39 is 0 Å². The molecule has 2 aromatic rings. The normalized spacial score (nSPS) is 14.8. The summed E-state index contributed by atoms with van der Waals surface area (Å²) in [6.07, 6.45) is 0.732. The van der Waals surface area contributed by atoms with Crippen LogP contribution in [-0.2, 0) is 6.42 Å². The van der Waals surface area contributed by atoms with Crippen molar-refractivity contribution >= 4 is 27.5 Å². The fraction of sp³-hybridized carbons (Fsp3) is 0.250. The van der Waals surface area contributed by atoms with E-state index in [0.717, 1.165) is 38.5 Å². The Morgan fingerprint density at radius 3 is 2.38 bits per heavy atom. The van der Waals surface area contributed by atoms with E-state index in [4.69, 9.17) is 26.8 Å². The summed E-state index contributed by atoms with van der Waals surface area (Å²) in [6.45, 7) is 1.15. The van der Waals surface area contributed by atoms with Crippen LogP contribution >= 0.6 is 27.5 Å². The molecule has 5 heteroatoms. The summed E-state index contributed by atoms with van der Waals surface area (Å²) < 4.78 is 12.1. The van der Waals surface area contributed by atoms with Gasteiger partial charge in [-0.25, -0.2) is 0 Å².